The van der Waals surface area contributed by atoms with Crippen molar-refractivity contribution in [1.82, 2.24) is 0 Å². The quantitative estimate of drug-likeness (QED) is 0.773. The summed E-state index contributed by atoms with van der Waals surface area (Å²) in [6, 6.07) is 7.72. The largest absolute Gasteiger partial charge is 0.491 e. The van der Waals surface area contributed by atoms with Crippen LogP contribution < -0.4 is 4.74 Å². The molecule has 0 saturated heterocycles. The lowest BCUT2D eigenvalue weighted by molar-refractivity contribution is 0.0325. The Bertz CT molecular complexity index is 273. The lowest BCUT2D eigenvalue weighted by Crippen LogP contribution is -2.22. The molecule has 0 spiro atoms. The summed E-state index contributed by atoms with van der Waals surface area (Å²) >= 11 is 0. The number of rotatable bonds is 5. The van der Waals surface area contributed by atoms with E-state index < -0.39 is 6.10 Å². The summed E-state index contributed by atoms with van der Waals surface area (Å²) in [6.45, 7) is 2.56. The van der Waals surface area contributed by atoms with Gasteiger partial charge in [-0.2, -0.15) is 0 Å². The first-order chi connectivity index (χ1) is 6.72. The van der Waals surface area contributed by atoms with Crippen molar-refractivity contribution in [3.05, 3.63) is 29.8 Å². The molecular weight excluding hydrogens is 180 g/mol. The molecule has 0 bridgehead atoms. The maximum Gasteiger partial charge on any atom is 0.119 e. The van der Waals surface area contributed by atoms with Crippen molar-refractivity contribution >= 4 is 0 Å². The van der Waals surface area contributed by atoms with Gasteiger partial charge in [-0.3, -0.25) is 0 Å². The van der Waals surface area contributed by atoms with Gasteiger partial charge in [0.2, 0.25) is 0 Å². The Hall–Kier alpha value is -1.06. The maximum atomic E-state index is 9.33. The number of benzene rings is 1. The van der Waals surface area contributed by atoms with E-state index in [9.17, 15) is 5.11 Å². The molecule has 0 aliphatic rings. The van der Waals surface area contributed by atoms with Crippen LogP contribution in [0.15, 0.2) is 24.3 Å². The summed E-state index contributed by atoms with van der Waals surface area (Å²) < 4.78 is 10.2. The fourth-order valence-electron chi connectivity index (χ4n) is 1.14. The van der Waals surface area contributed by atoms with Crippen LogP contribution in [0.1, 0.15) is 5.56 Å². The van der Waals surface area contributed by atoms with Gasteiger partial charge in [0.05, 0.1) is 6.61 Å². The Balaban J connectivity index is 2.37. The van der Waals surface area contributed by atoms with Crippen LogP contribution in [-0.2, 0) is 4.74 Å². The first-order valence-electron chi connectivity index (χ1n) is 4.59. The smallest absolute Gasteiger partial charge is 0.119 e. The molecule has 0 aliphatic carbocycles. The monoisotopic (exact) mass is 196 g/mol. The van der Waals surface area contributed by atoms with Crippen LogP contribution in [0.5, 0.6) is 5.75 Å². The molecule has 1 rings (SSSR count). The minimum atomic E-state index is -0.569. The van der Waals surface area contributed by atoms with Crippen LogP contribution >= 0.6 is 0 Å². The molecule has 0 amide bonds. The fraction of sp³-hybridized carbons (Fsp3) is 0.455. The van der Waals surface area contributed by atoms with Crippen molar-refractivity contribution in [2.24, 2.45) is 0 Å². The van der Waals surface area contributed by atoms with Crippen molar-refractivity contribution in [3.63, 3.8) is 0 Å². The molecule has 1 aromatic carbocycles. The summed E-state index contributed by atoms with van der Waals surface area (Å²) in [7, 11) is 1.55. The Morgan fingerprint density at radius 3 is 2.79 bits per heavy atom. The molecule has 3 heteroatoms. The SMILES string of the molecule is COCC(O)COc1cccc(C)c1. The Kier molecular flexibility index (Phi) is 4.43. The van der Waals surface area contributed by atoms with Gasteiger partial charge < -0.3 is 14.6 Å². The second kappa shape index (κ2) is 5.62. The molecule has 14 heavy (non-hydrogen) atoms. The summed E-state index contributed by atoms with van der Waals surface area (Å²) in [5, 5.41) is 9.33. The molecule has 0 fully saturated rings. The van der Waals surface area contributed by atoms with Crippen molar-refractivity contribution in [2.45, 2.75) is 13.0 Å². The average molecular weight is 196 g/mol. The lowest BCUT2D eigenvalue weighted by atomic mass is 10.2. The predicted molar refractivity (Wildman–Crippen MR) is 54.6 cm³/mol. The van der Waals surface area contributed by atoms with E-state index in [1.165, 1.54) is 0 Å². The normalized spacial score (nSPS) is 12.5. The summed E-state index contributed by atoms with van der Waals surface area (Å²) in [4.78, 5) is 0. The molecule has 0 aromatic heterocycles. The highest BCUT2D eigenvalue weighted by Crippen LogP contribution is 2.12. The number of aliphatic hydroxyl groups excluding tert-OH is 1. The van der Waals surface area contributed by atoms with Crippen LogP contribution in [0, 0.1) is 6.92 Å². The number of aliphatic hydroxyl groups is 1. The predicted octanol–water partition coefficient (Wildman–Crippen LogP) is 1.38. The van der Waals surface area contributed by atoms with Crippen LogP contribution in [-0.4, -0.2) is 31.5 Å². The van der Waals surface area contributed by atoms with Gasteiger partial charge in [0, 0.05) is 7.11 Å². The first-order valence-corrected chi connectivity index (χ1v) is 4.59. The Morgan fingerprint density at radius 1 is 1.36 bits per heavy atom. The van der Waals surface area contributed by atoms with E-state index in [0.717, 1.165) is 11.3 Å². The summed E-state index contributed by atoms with van der Waals surface area (Å²) in [5.41, 5.74) is 1.14. The zero-order valence-corrected chi connectivity index (χ0v) is 8.56. The third-order valence-corrected chi connectivity index (χ3v) is 1.79. The molecule has 1 aromatic rings. The van der Waals surface area contributed by atoms with Crippen molar-refractivity contribution < 1.29 is 14.6 Å². The highest BCUT2D eigenvalue weighted by molar-refractivity contribution is 5.27. The zero-order chi connectivity index (χ0) is 10.4. The molecule has 0 saturated carbocycles. The van der Waals surface area contributed by atoms with Gasteiger partial charge in [-0.1, -0.05) is 12.1 Å². The average Bonchev–Trinajstić information content (AvgIpc) is 2.15. The molecule has 0 heterocycles. The van der Waals surface area contributed by atoms with Gasteiger partial charge in [-0.25, -0.2) is 0 Å². The molecule has 1 N–H and O–H groups in total. The van der Waals surface area contributed by atoms with E-state index in [-0.39, 0.29) is 6.61 Å². The second-order valence-corrected chi connectivity index (χ2v) is 3.24. The maximum absolute atomic E-state index is 9.33. The van der Waals surface area contributed by atoms with Crippen LogP contribution in [0.2, 0.25) is 0 Å². The number of hydrogen-bond donors (Lipinski definition) is 1. The number of ether oxygens (including phenoxy) is 2. The number of methoxy groups -OCH3 is 1. The molecule has 78 valence electrons. The van der Waals surface area contributed by atoms with Crippen molar-refractivity contribution in [2.75, 3.05) is 20.3 Å². The van der Waals surface area contributed by atoms with E-state index >= 15 is 0 Å². The summed E-state index contributed by atoms with van der Waals surface area (Å²) in [5.74, 6) is 0.778. The molecular formula is C11H16O3. The zero-order valence-electron chi connectivity index (χ0n) is 8.56. The third kappa shape index (κ3) is 3.77. The van der Waals surface area contributed by atoms with E-state index in [0.29, 0.717) is 6.61 Å². The van der Waals surface area contributed by atoms with Crippen LogP contribution in [0.3, 0.4) is 0 Å². The molecule has 1 unspecified atom stereocenters. The topological polar surface area (TPSA) is 38.7 Å². The van der Waals surface area contributed by atoms with E-state index in [1.807, 2.05) is 31.2 Å². The molecule has 0 radical (unpaired) electrons. The highest BCUT2D eigenvalue weighted by Gasteiger charge is 2.03. The van der Waals surface area contributed by atoms with E-state index in [1.54, 1.807) is 7.11 Å². The number of aryl methyl sites for hydroxylation is 1. The third-order valence-electron chi connectivity index (χ3n) is 1.79. The molecule has 0 aliphatic heterocycles. The first kappa shape index (κ1) is 11.0. The van der Waals surface area contributed by atoms with Crippen LogP contribution in [0.4, 0.5) is 0 Å². The summed E-state index contributed by atoms with van der Waals surface area (Å²) in [6.07, 6.45) is -0.569. The van der Waals surface area contributed by atoms with Gasteiger partial charge in [0.1, 0.15) is 18.5 Å². The van der Waals surface area contributed by atoms with Crippen molar-refractivity contribution in [1.29, 1.82) is 0 Å². The highest BCUT2D eigenvalue weighted by atomic mass is 16.5. The van der Waals surface area contributed by atoms with Gasteiger partial charge in [-0.15, -0.1) is 0 Å². The van der Waals surface area contributed by atoms with Crippen molar-refractivity contribution in [3.8, 4) is 5.75 Å². The molecule has 1 atom stereocenters. The lowest BCUT2D eigenvalue weighted by Gasteiger charge is -2.11. The minimum absolute atomic E-state index is 0.261. The Labute approximate surface area is 84.3 Å². The van der Waals surface area contributed by atoms with E-state index in [4.69, 9.17) is 9.47 Å². The van der Waals surface area contributed by atoms with Gasteiger partial charge in [0.15, 0.2) is 0 Å². The molecule has 3 nitrogen and oxygen atoms in total. The van der Waals surface area contributed by atoms with E-state index in [2.05, 4.69) is 0 Å². The van der Waals surface area contributed by atoms with Gasteiger partial charge in [-0.05, 0) is 24.6 Å². The fourth-order valence-corrected chi connectivity index (χ4v) is 1.14. The number of hydrogen-bond acceptors (Lipinski definition) is 3. The standard InChI is InChI=1S/C11H16O3/c1-9-4-3-5-11(6-9)14-8-10(12)7-13-2/h3-6,10,12H,7-8H2,1-2H3. The van der Waals surface area contributed by atoms with Crippen LogP contribution in [0.25, 0.3) is 0 Å². The Morgan fingerprint density at radius 2 is 2.14 bits per heavy atom. The van der Waals surface area contributed by atoms with Gasteiger partial charge >= 0.3 is 0 Å². The second-order valence-electron chi connectivity index (χ2n) is 3.24. The minimum Gasteiger partial charge on any atom is -0.491 e. The van der Waals surface area contributed by atoms with Gasteiger partial charge in [0.25, 0.3) is 0 Å².